The first-order valence-electron chi connectivity index (χ1n) is 7.91. The van der Waals surface area contributed by atoms with E-state index >= 15 is 0 Å². The van der Waals surface area contributed by atoms with E-state index in [-0.39, 0.29) is 22.7 Å². The Hall–Kier alpha value is -0.915. The van der Waals surface area contributed by atoms with Crippen LogP contribution in [0.2, 0.25) is 10.0 Å². The molecule has 0 atom stereocenters. The summed E-state index contributed by atoms with van der Waals surface area (Å²) in [5.41, 5.74) is -0.0410. The van der Waals surface area contributed by atoms with Gasteiger partial charge in [0.25, 0.3) is 0 Å². The van der Waals surface area contributed by atoms with E-state index in [1.807, 2.05) is 27.7 Å². The number of phenolic OH excluding ortho intramolecular Hbond substituents is 2. The molecule has 1 fully saturated rings. The van der Waals surface area contributed by atoms with Gasteiger partial charge in [0, 0.05) is 15.0 Å². The summed E-state index contributed by atoms with van der Waals surface area (Å²) in [5, 5.41) is 19.1. The lowest BCUT2D eigenvalue weighted by Crippen LogP contribution is -2.41. The number of halogens is 3. The van der Waals surface area contributed by atoms with Crippen molar-refractivity contribution in [1.29, 1.82) is 0 Å². The van der Waals surface area contributed by atoms with Crippen molar-refractivity contribution in [2.75, 3.05) is 0 Å². The van der Waals surface area contributed by atoms with Crippen LogP contribution < -0.4 is 5.46 Å². The van der Waals surface area contributed by atoms with Crippen LogP contribution in [0.4, 0.5) is 0 Å². The van der Waals surface area contributed by atoms with Gasteiger partial charge in [-0.2, -0.15) is 0 Å². The highest BCUT2D eigenvalue weighted by atomic mass is 79.9. The van der Waals surface area contributed by atoms with Crippen molar-refractivity contribution >= 4 is 51.7 Å². The van der Waals surface area contributed by atoms with Gasteiger partial charge in [0.15, 0.2) is 0 Å². The highest BCUT2D eigenvalue weighted by molar-refractivity contribution is 9.10. The van der Waals surface area contributed by atoms with Gasteiger partial charge in [-0.25, -0.2) is 0 Å². The van der Waals surface area contributed by atoms with Gasteiger partial charge in [0.2, 0.25) is 0 Å². The second-order valence-corrected chi connectivity index (χ2v) is 8.56. The molecule has 0 amide bonds. The molecule has 0 radical (unpaired) electrons. The molecule has 1 heterocycles. The van der Waals surface area contributed by atoms with Crippen LogP contribution in [0, 0.1) is 0 Å². The Morgan fingerprint density at radius 2 is 1.31 bits per heavy atom. The van der Waals surface area contributed by atoms with Crippen LogP contribution in [0.15, 0.2) is 40.9 Å². The number of hydrogen-bond acceptors (Lipinski definition) is 4. The van der Waals surface area contributed by atoms with E-state index in [9.17, 15) is 5.11 Å². The zero-order valence-electron chi connectivity index (χ0n) is 14.9. The molecule has 0 bridgehead atoms. The fourth-order valence-electron chi connectivity index (χ4n) is 2.16. The Labute approximate surface area is 172 Å². The summed E-state index contributed by atoms with van der Waals surface area (Å²) in [4.78, 5) is 0. The molecule has 4 nitrogen and oxygen atoms in total. The molecular weight excluding hydrogens is 442 g/mol. The minimum absolute atomic E-state index is 0.135. The molecule has 0 aliphatic carbocycles. The van der Waals surface area contributed by atoms with E-state index in [1.165, 1.54) is 12.1 Å². The van der Waals surface area contributed by atoms with Gasteiger partial charge in [0.05, 0.1) is 16.2 Å². The molecule has 3 rings (SSSR count). The zero-order chi connectivity index (χ0) is 19.7. The minimum atomic E-state index is -0.493. The Morgan fingerprint density at radius 3 is 1.73 bits per heavy atom. The maximum absolute atomic E-state index is 9.32. The molecule has 0 saturated carbocycles. The highest BCUT2D eigenvalue weighted by Crippen LogP contribution is 2.37. The third-order valence-electron chi connectivity index (χ3n) is 4.39. The van der Waals surface area contributed by atoms with Crippen LogP contribution >= 0.6 is 39.1 Å². The second-order valence-electron chi connectivity index (χ2n) is 6.89. The summed E-state index contributed by atoms with van der Waals surface area (Å²) in [6.45, 7) is 7.95. The fourth-order valence-corrected chi connectivity index (χ4v) is 2.85. The predicted molar refractivity (Wildman–Crippen MR) is 110 cm³/mol. The van der Waals surface area contributed by atoms with Gasteiger partial charge in [-0.05, 0) is 74.0 Å². The van der Waals surface area contributed by atoms with E-state index < -0.39 is 7.12 Å². The van der Waals surface area contributed by atoms with E-state index in [4.69, 9.17) is 37.6 Å². The quantitative estimate of drug-likeness (QED) is 0.576. The van der Waals surface area contributed by atoms with Crippen molar-refractivity contribution in [3.05, 3.63) is 50.9 Å². The maximum Gasteiger partial charge on any atom is 0.496 e. The number of phenols is 2. The maximum atomic E-state index is 9.32. The van der Waals surface area contributed by atoms with Crippen LogP contribution in [0.25, 0.3) is 0 Å². The topological polar surface area (TPSA) is 58.9 Å². The molecule has 0 spiro atoms. The van der Waals surface area contributed by atoms with Gasteiger partial charge in [0.1, 0.15) is 11.5 Å². The van der Waals surface area contributed by atoms with Gasteiger partial charge < -0.3 is 19.5 Å². The van der Waals surface area contributed by atoms with Gasteiger partial charge in [-0.15, -0.1) is 0 Å². The average Bonchev–Trinajstić information content (AvgIpc) is 2.72. The van der Waals surface area contributed by atoms with Crippen LogP contribution in [-0.2, 0) is 9.31 Å². The Bertz CT molecular complexity index is 783. The van der Waals surface area contributed by atoms with Crippen molar-refractivity contribution in [3.63, 3.8) is 0 Å². The number of rotatable bonds is 1. The molecule has 26 heavy (non-hydrogen) atoms. The summed E-state index contributed by atoms with van der Waals surface area (Å²) in [6.07, 6.45) is 0. The predicted octanol–water partition coefficient (Wildman–Crippen LogP) is 5.15. The highest BCUT2D eigenvalue weighted by Gasteiger charge is 2.52. The third kappa shape index (κ3) is 4.87. The van der Waals surface area contributed by atoms with Crippen LogP contribution in [0.3, 0.4) is 0 Å². The van der Waals surface area contributed by atoms with E-state index in [2.05, 4.69) is 15.9 Å². The van der Waals surface area contributed by atoms with Crippen LogP contribution in [0.5, 0.6) is 11.5 Å². The molecule has 1 saturated heterocycles. The SMILES string of the molecule is CC1(C)OB(c2ccc(O)cc2Cl)OC1(C)C.Oc1ccc(Br)c(Cl)c1. The Kier molecular flexibility index (Phi) is 6.57. The first kappa shape index (κ1) is 21.4. The van der Waals surface area contributed by atoms with Crippen molar-refractivity contribution in [3.8, 4) is 11.5 Å². The summed E-state index contributed by atoms with van der Waals surface area (Å²) in [6, 6.07) is 9.52. The molecule has 2 N–H and O–H groups in total. The monoisotopic (exact) mass is 460 g/mol. The average molecular weight is 462 g/mol. The van der Waals surface area contributed by atoms with E-state index in [0.717, 1.165) is 9.94 Å². The van der Waals surface area contributed by atoms with Crippen LogP contribution in [-0.4, -0.2) is 28.5 Å². The first-order valence-corrected chi connectivity index (χ1v) is 9.46. The summed E-state index contributed by atoms with van der Waals surface area (Å²) in [7, 11) is -0.493. The van der Waals surface area contributed by atoms with Crippen LogP contribution in [0.1, 0.15) is 27.7 Å². The van der Waals surface area contributed by atoms with E-state index in [1.54, 1.807) is 24.3 Å². The number of aromatic hydroxyl groups is 2. The lowest BCUT2D eigenvalue weighted by Gasteiger charge is -2.32. The molecule has 2 aromatic rings. The Morgan fingerprint density at radius 1 is 0.846 bits per heavy atom. The zero-order valence-corrected chi connectivity index (χ0v) is 18.0. The summed E-state index contributed by atoms with van der Waals surface area (Å²) >= 11 is 14.9. The number of benzene rings is 2. The van der Waals surface area contributed by atoms with E-state index in [0.29, 0.717) is 10.0 Å². The molecule has 1 aliphatic heterocycles. The fraction of sp³-hybridized carbons (Fsp3) is 0.333. The molecule has 0 aromatic heterocycles. The second kappa shape index (κ2) is 7.99. The van der Waals surface area contributed by atoms with Gasteiger partial charge >= 0.3 is 7.12 Å². The number of hydrogen-bond donors (Lipinski definition) is 2. The third-order valence-corrected chi connectivity index (χ3v) is 5.95. The lowest BCUT2D eigenvalue weighted by atomic mass is 9.79. The van der Waals surface area contributed by atoms with Crippen molar-refractivity contribution < 1.29 is 19.5 Å². The van der Waals surface area contributed by atoms with Gasteiger partial charge in [-0.1, -0.05) is 29.3 Å². The summed E-state index contributed by atoms with van der Waals surface area (Å²) in [5.74, 6) is 0.318. The molecule has 140 valence electrons. The van der Waals surface area contributed by atoms with Crippen molar-refractivity contribution in [2.45, 2.75) is 38.9 Å². The molecule has 2 aromatic carbocycles. The molecular formula is C18H20BBrCl2O4. The Balaban J connectivity index is 0.000000228. The molecule has 0 unspecified atom stereocenters. The lowest BCUT2D eigenvalue weighted by molar-refractivity contribution is 0.00578. The first-order chi connectivity index (χ1) is 11.9. The van der Waals surface area contributed by atoms with Gasteiger partial charge in [-0.3, -0.25) is 0 Å². The molecule has 1 aliphatic rings. The largest absolute Gasteiger partial charge is 0.508 e. The normalized spacial score (nSPS) is 17.6. The smallest absolute Gasteiger partial charge is 0.496 e. The van der Waals surface area contributed by atoms with Crippen molar-refractivity contribution in [2.24, 2.45) is 0 Å². The standard InChI is InChI=1S/C12H16BClO3.C6H4BrClO/c1-11(2)12(3,4)17-13(16-11)9-6-5-8(15)7-10(9)14;7-5-2-1-4(9)3-6(5)8/h5-7,15H,1-4H3;1-3,9H. The van der Waals surface area contributed by atoms with Crippen molar-refractivity contribution in [1.82, 2.24) is 0 Å². The summed E-state index contributed by atoms with van der Waals surface area (Å²) < 4.78 is 12.6. The molecule has 8 heteroatoms. The minimum Gasteiger partial charge on any atom is -0.508 e.